The first-order valence-electron chi connectivity index (χ1n) is 11.8. The molecule has 34 heavy (non-hydrogen) atoms. The van der Waals surface area contributed by atoms with Gasteiger partial charge in [0.25, 0.3) is 0 Å². The zero-order valence-electron chi connectivity index (χ0n) is 19.4. The lowest BCUT2D eigenvalue weighted by atomic mass is 9.71. The van der Waals surface area contributed by atoms with Crippen LogP contribution in [0, 0.1) is 11.8 Å². The average molecular weight is 471 g/mol. The van der Waals surface area contributed by atoms with Crippen LogP contribution in [0.4, 0.5) is 13.2 Å². The summed E-state index contributed by atoms with van der Waals surface area (Å²) in [5.74, 6) is 1.47. The van der Waals surface area contributed by atoms with Crippen molar-refractivity contribution in [3.63, 3.8) is 0 Å². The third-order valence-electron chi connectivity index (χ3n) is 7.23. The summed E-state index contributed by atoms with van der Waals surface area (Å²) in [4.78, 5) is 21.0. The summed E-state index contributed by atoms with van der Waals surface area (Å²) in [6, 6.07) is 9.62. The Morgan fingerprint density at radius 2 is 1.85 bits per heavy atom. The summed E-state index contributed by atoms with van der Waals surface area (Å²) in [5, 5.41) is 0.593. The number of rotatable bonds is 7. The van der Waals surface area contributed by atoms with E-state index in [1.54, 1.807) is 24.4 Å². The maximum Gasteiger partial charge on any atom is 0.418 e. The maximum atomic E-state index is 13.5. The zero-order valence-corrected chi connectivity index (χ0v) is 19.4. The van der Waals surface area contributed by atoms with Crippen molar-refractivity contribution in [2.24, 2.45) is 11.8 Å². The molecule has 0 radical (unpaired) electrons. The molecule has 1 saturated carbocycles. The van der Waals surface area contributed by atoms with Gasteiger partial charge in [-0.05, 0) is 67.2 Å². The van der Waals surface area contributed by atoms with Gasteiger partial charge >= 0.3 is 6.18 Å². The third-order valence-corrected chi connectivity index (χ3v) is 7.23. The van der Waals surface area contributed by atoms with E-state index in [2.05, 4.69) is 16.9 Å². The van der Waals surface area contributed by atoms with Crippen molar-refractivity contribution in [2.45, 2.75) is 57.5 Å². The smallest absolute Gasteiger partial charge is 0.418 e. The summed E-state index contributed by atoms with van der Waals surface area (Å²) in [5.41, 5.74) is 0.887. The van der Waals surface area contributed by atoms with Gasteiger partial charge in [0.1, 0.15) is 0 Å². The molecule has 2 aromatic heterocycles. The molecule has 3 aromatic rings. The molecule has 4 nitrogen and oxygen atoms in total. The van der Waals surface area contributed by atoms with Crippen LogP contribution < -0.4 is 4.74 Å². The van der Waals surface area contributed by atoms with Crippen molar-refractivity contribution in [3.05, 3.63) is 65.5 Å². The van der Waals surface area contributed by atoms with Crippen molar-refractivity contribution >= 4 is 16.7 Å². The molecule has 2 heterocycles. The number of hydrogen-bond acceptors (Lipinski definition) is 4. The van der Waals surface area contributed by atoms with Crippen molar-refractivity contribution in [2.75, 3.05) is 7.11 Å². The summed E-state index contributed by atoms with van der Waals surface area (Å²) < 4.78 is 45.4. The molecule has 1 atom stereocenters. The molecule has 7 heteroatoms. The number of halogens is 3. The summed E-state index contributed by atoms with van der Waals surface area (Å²) in [6.45, 7) is 2.12. The number of methoxy groups -OCH3 is 1. The first-order chi connectivity index (χ1) is 16.3. The Kier molecular flexibility index (Phi) is 7.19. The fraction of sp³-hybridized carbons (Fsp3) is 0.444. The molecular weight excluding hydrogens is 441 g/mol. The van der Waals surface area contributed by atoms with Gasteiger partial charge in [0.15, 0.2) is 5.78 Å². The highest BCUT2D eigenvalue weighted by atomic mass is 19.4. The Bertz CT molecular complexity index is 1140. The second-order valence-electron chi connectivity index (χ2n) is 9.10. The largest absolute Gasteiger partial charge is 0.481 e. The fourth-order valence-electron chi connectivity index (χ4n) is 5.35. The van der Waals surface area contributed by atoms with Gasteiger partial charge in [-0.3, -0.25) is 9.78 Å². The number of aromatic nitrogens is 2. The molecular formula is C27H29F3N2O2. The van der Waals surface area contributed by atoms with Gasteiger partial charge in [-0.2, -0.15) is 13.2 Å². The van der Waals surface area contributed by atoms with E-state index in [4.69, 9.17) is 4.74 Å². The summed E-state index contributed by atoms with van der Waals surface area (Å²) >= 11 is 0. The minimum atomic E-state index is -4.43. The number of nitrogens with zero attached hydrogens (tertiary/aromatic N) is 2. The predicted molar refractivity (Wildman–Crippen MR) is 125 cm³/mol. The predicted octanol–water partition coefficient (Wildman–Crippen LogP) is 7.23. The van der Waals surface area contributed by atoms with E-state index in [9.17, 15) is 18.0 Å². The first kappa shape index (κ1) is 24.2. The maximum absolute atomic E-state index is 13.5. The Morgan fingerprint density at radius 1 is 1.09 bits per heavy atom. The fourth-order valence-corrected chi connectivity index (χ4v) is 5.35. The van der Waals surface area contributed by atoms with E-state index in [0.29, 0.717) is 29.2 Å². The number of carbonyl (C=O) groups excluding carboxylic acids is 1. The van der Waals surface area contributed by atoms with E-state index < -0.39 is 11.7 Å². The summed E-state index contributed by atoms with van der Waals surface area (Å²) in [6.07, 6.45) is 3.74. The van der Waals surface area contributed by atoms with E-state index in [0.717, 1.165) is 43.7 Å². The van der Waals surface area contributed by atoms with Crippen LogP contribution in [0.5, 0.6) is 5.88 Å². The molecule has 0 bridgehead atoms. The van der Waals surface area contributed by atoms with Gasteiger partial charge < -0.3 is 4.74 Å². The highest BCUT2D eigenvalue weighted by Crippen LogP contribution is 2.43. The van der Waals surface area contributed by atoms with E-state index >= 15 is 0 Å². The Balaban J connectivity index is 1.45. The van der Waals surface area contributed by atoms with Crippen molar-refractivity contribution in [1.29, 1.82) is 0 Å². The SMILES string of the molecule is CC[C@H](CC(=O)c1ccc(OC)nc1)C1CCC(c2ccnc3c(C(F)(F)F)cccc23)CC1. The van der Waals surface area contributed by atoms with E-state index in [1.807, 2.05) is 6.07 Å². The Morgan fingerprint density at radius 3 is 2.47 bits per heavy atom. The van der Waals surface area contributed by atoms with Gasteiger partial charge in [-0.15, -0.1) is 0 Å². The van der Waals surface area contributed by atoms with Crippen molar-refractivity contribution < 1.29 is 22.7 Å². The van der Waals surface area contributed by atoms with Crippen LogP contribution in [-0.2, 0) is 6.18 Å². The number of fused-ring (bicyclic) bond motifs is 1. The molecule has 0 amide bonds. The molecule has 0 spiro atoms. The molecule has 0 unspecified atom stereocenters. The number of ether oxygens (including phenoxy) is 1. The molecule has 180 valence electrons. The number of Topliss-reactive ketones (excluding diaryl/α,β-unsaturated/α-hetero) is 1. The molecule has 1 fully saturated rings. The van der Waals surface area contributed by atoms with Crippen LogP contribution in [0.1, 0.15) is 72.9 Å². The number of benzene rings is 1. The summed E-state index contributed by atoms with van der Waals surface area (Å²) in [7, 11) is 1.54. The Labute approximate surface area is 197 Å². The lowest BCUT2D eigenvalue weighted by Crippen LogP contribution is -2.23. The number of alkyl halides is 3. The Hall–Kier alpha value is -2.96. The topological polar surface area (TPSA) is 52.1 Å². The number of ketones is 1. The highest BCUT2D eigenvalue weighted by Gasteiger charge is 2.34. The molecule has 1 aromatic carbocycles. The van der Waals surface area contributed by atoms with Crippen LogP contribution >= 0.6 is 0 Å². The van der Waals surface area contributed by atoms with Gasteiger partial charge in [-0.25, -0.2) is 4.98 Å². The minimum absolute atomic E-state index is 0.0276. The molecule has 1 aliphatic rings. The average Bonchev–Trinajstić information content (AvgIpc) is 2.86. The van der Waals surface area contributed by atoms with Crippen LogP contribution in [0.25, 0.3) is 10.9 Å². The van der Waals surface area contributed by atoms with Crippen LogP contribution in [0.15, 0.2) is 48.8 Å². The first-order valence-corrected chi connectivity index (χ1v) is 11.8. The number of hydrogen-bond donors (Lipinski definition) is 0. The van der Waals surface area contributed by atoms with Gasteiger partial charge in [0.05, 0.1) is 18.2 Å². The molecule has 4 rings (SSSR count). The minimum Gasteiger partial charge on any atom is -0.481 e. The molecule has 0 aliphatic heterocycles. The van der Waals surface area contributed by atoms with Crippen LogP contribution in [-0.4, -0.2) is 22.9 Å². The molecule has 0 N–H and O–H groups in total. The lowest BCUT2D eigenvalue weighted by Gasteiger charge is -2.34. The normalized spacial score (nSPS) is 19.7. The van der Waals surface area contributed by atoms with Gasteiger partial charge in [0, 0.05) is 35.8 Å². The van der Waals surface area contributed by atoms with Crippen molar-refractivity contribution in [3.8, 4) is 5.88 Å². The monoisotopic (exact) mass is 470 g/mol. The van der Waals surface area contributed by atoms with Crippen molar-refractivity contribution in [1.82, 2.24) is 9.97 Å². The van der Waals surface area contributed by atoms with Crippen LogP contribution in [0.3, 0.4) is 0 Å². The van der Waals surface area contributed by atoms with E-state index in [1.165, 1.54) is 19.4 Å². The molecule has 0 saturated heterocycles. The zero-order chi connectivity index (χ0) is 24.3. The standard InChI is InChI=1S/C27H29F3N2O2/c1-3-17(15-24(33)20-11-12-25(34-2)32-16-20)18-7-9-19(10-8-18)21-13-14-31-26-22(21)5-4-6-23(26)27(28,29)30/h4-6,11-14,16-19H,3,7-10,15H2,1-2H3/t17-,18?,19?/m1/s1. The third kappa shape index (κ3) is 5.08. The second-order valence-corrected chi connectivity index (χ2v) is 9.10. The second kappa shape index (κ2) is 10.1. The number of para-hydroxylation sites is 1. The quantitative estimate of drug-likeness (QED) is 0.342. The number of carbonyl (C=O) groups is 1. The highest BCUT2D eigenvalue weighted by molar-refractivity contribution is 5.96. The number of pyridine rings is 2. The lowest BCUT2D eigenvalue weighted by molar-refractivity contribution is -0.136. The van der Waals surface area contributed by atoms with Crippen LogP contribution in [0.2, 0.25) is 0 Å². The van der Waals surface area contributed by atoms with Gasteiger partial charge in [0.2, 0.25) is 5.88 Å². The van der Waals surface area contributed by atoms with Gasteiger partial charge in [-0.1, -0.05) is 25.5 Å². The van der Waals surface area contributed by atoms with E-state index in [-0.39, 0.29) is 23.1 Å². The molecule has 1 aliphatic carbocycles.